The molecule has 0 aliphatic heterocycles. The lowest BCUT2D eigenvalue weighted by atomic mass is 10.2. The Hall–Kier alpha value is -3.94. The molecule has 0 fully saturated rings. The zero-order valence-electron chi connectivity index (χ0n) is 14.4. The van der Waals surface area contributed by atoms with E-state index in [4.69, 9.17) is 15.7 Å². The van der Waals surface area contributed by atoms with Crippen molar-refractivity contribution in [1.29, 1.82) is 5.26 Å². The Morgan fingerprint density at radius 2 is 2.22 bits per heavy atom. The molecule has 140 valence electrons. The summed E-state index contributed by atoms with van der Waals surface area (Å²) in [5, 5.41) is 25.2. The van der Waals surface area contributed by atoms with Gasteiger partial charge in [0.1, 0.15) is 29.3 Å². The van der Waals surface area contributed by atoms with Gasteiger partial charge < -0.3 is 21.1 Å². The Morgan fingerprint density at radius 3 is 2.81 bits per heavy atom. The van der Waals surface area contributed by atoms with Crippen molar-refractivity contribution in [2.45, 2.75) is 6.92 Å². The highest BCUT2D eigenvalue weighted by molar-refractivity contribution is 5.93. The topological polar surface area (TPSA) is 169 Å². The van der Waals surface area contributed by atoms with Crippen molar-refractivity contribution in [2.24, 2.45) is 0 Å². The lowest BCUT2D eigenvalue weighted by Crippen LogP contribution is -2.29. The molecular formula is C16H17N7O4. The monoisotopic (exact) mass is 371 g/mol. The van der Waals surface area contributed by atoms with E-state index in [0.29, 0.717) is 12.4 Å². The fourth-order valence-electron chi connectivity index (χ4n) is 2.07. The fourth-order valence-corrected chi connectivity index (χ4v) is 2.07. The molecule has 11 heteroatoms. The molecule has 11 nitrogen and oxygen atoms in total. The van der Waals surface area contributed by atoms with Gasteiger partial charge in [-0.15, -0.1) is 0 Å². The van der Waals surface area contributed by atoms with Crippen LogP contribution in [0.15, 0.2) is 24.4 Å². The first kappa shape index (κ1) is 19.4. The van der Waals surface area contributed by atoms with Crippen molar-refractivity contribution < 1.29 is 14.5 Å². The third kappa shape index (κ3) is 5.02. The van der Waals surface area contributed by atoms with Crippen LogP contribution in [0.2, 0.25) is 0 Å². The second-order valence-corrected chi connectivity index (χ2v) is 5.16. The number of pyridine rings is 2. The van der Waals surface area contributed by atoms with Gasteiger partial charge in [-0.1, -0.05) is 0 Å². The van der Waals surface area contributed by atoms with E-state index in [-0.39, 0.29) is 41.7 Å². The number of ether oxygens (including phenoxy) is 1. The molecule has 0 spiro atoms. The normalized spacial score (nSPS) is 9.93. The number of nitrogens with two attached hydrogens (primary N) is 1. The summed E-state index contributed by atoms with van der Waals surface area (Å²) in [6, 6.07) is 6.00. The van der Waals surface area contributed by atoms with Crippen LogP contribution in [0.4, 0.5) is 17.2 Å². The van der Waals surface area contributed by atoms with Gasteiger partial charge in [-0.05, 0) is 19.1 Å². The van der Waals surface area contributed by atoms with Crippen molar-refractivity contribution in [3.63, 3.8) is 0 Å². The predicted molar refractivity (Wildman–Crippen MR) is 96.2 cm³/mol. The average molecular weight is 371 g/mol. The molecule has 0 saturated carbocycles. The second-order valence-electron chi connectivity index (χ2n) is 5.16. The molecular weight excluding hydrogens is 354 g/mol. The molecule has 1 amide bonds. The molecule has 27 heavy (non-hydrogen) atoms. The number of nitriles is 1. The van der Waals surface area contributed by atoms with Crippen LogP contribution in [0.5, 0.6) is 5.88 Å². The molecule has 2 aromatic rings. The number of aromatic nitrogens is 2. The summed E-state index contributed by atoms with van der Waals surface area (Å²) in [6.45, 7) is 2.58. The Bertz CT molecular complexity index is 878. The molecule has 0 unspecified atom stereocenters. The Labute approximate surface area is 154 Å². The Balaban J connectivity index is 1.92. The van der Waals surface area contributed by atoms with E-state index in [0.717, 1.165) is 6.20 Å². The zero-order valence-corrected chi connectivity index (χ0v) is 14.4. The van der Waals surface area contributed by atoms with E-state index in [2.05, 4.69) is 20.6 Å². The zero-order chi connectivity index (χ0) is 19.8. The summed E-state index contributed by atoms with van der Waals surface area (Å²) in [6.07, 6.45) is 1.14. The fraction of sp³-hybridized carbons (Fsp3) is 0.250. The van der Waals surface area contributed by atoms with E-state index < -0.39 is 10.8 Å². The Morgan fingerprint density at radius 1 is 1.44 bits per heavy atom. The predicted octanol–water partition coefficient (Wildman–Crippen LogP) is 1.08. The summed E-state index contributed by atoms with van der Waals surface area (Å²) < 4.78 is 5.25. The van der Waals surface area contributed by atoms with Crippen molar-refractivity contribution in [2.75, 3.05) is 30.7 Å². The second kappa shape index (κ2) is 8.95. The van der Waals surface area contributed by atoms with Crippen molar-refractivity contribution in [3.8, 4) is 11.9 Å². The number of nitrogens with zero attached hydrogens (tertiary/aromatic N) is 4. The van der Waals surface area contributed by atoms with Gasteiger partial charge in [0.15, 0.2) is 0 Å². The van der Waals surface area contributed by atoms with Gasteiger partial charge >= 0.3 is 0 Å². The number of nitrogens with one attached hydrogen (secondary N) is 2. The molecule has 2 rings (SSSR count). The molecule has 0 atom stereocenters. The molecule has 4 N–H and O–H groups in total. The minimum Gasteiger partial charge on any atom is -0.477 e. The number of nitro groups is 1. The highest BCUT2D eigenvalue weighted by atomic mass is 16.6. The van der Waals surface area contributed by atoms with Gasteiger partial charge in [-0.3, -0.25) is 14.9 Å². The Kier molecular flexibility index (Phi) is 6.43. The first-order valence-electron chi connectivity index (χ1n) is 7.92. The summed E-state index contributed by atoms with van der Waals surface area (Å²) in [5.74, 6) is -0.0295. The summed E-state index contributed by atoms with van der Waals surface area (Å²) in [5.41, 5.74) is 5.89. The highest BCUT2D eigenvalue weighted by Crippen LogP contribution is 2.22. The largest absolute Gasteiger partial charge is 0.477 e. The van der Waals surface area contributed by atoms with Gasteiger partial charge in [0, 0.05) is 19.2 Å². The quantitative estimate of drug-likeness (QED) is 0.349. The average Bonchev–Trinajstić information content (AvgIpc) is 2.65. The van der Waals surface area contributed by atoms with Crippen LogP contribution in [0.3, 0.4) is 0 Å². The molecule has 2 heterocycles. The maximum atomic E-state index is 12.2. The number of nitrogen functional groups attached to an aromatic ring is 1. The number of rotatable bonds is 8. The third-order valence-corrected chi connectivity index (χ3v) is 3.32. The van der Waals surface area contributed by atoms with Gasteiger partial charge in [-0.25, -0.2) is 9.97 Å². The lowest BCUT2D eigenvalue weighted by molar-refractivity contribution is -0.385. The standard InChI is InChI=1S/C16H17N7O4/c1-2-27-16-11(8-17)12(18)7-13(22-16)15(24)20-6-5-19-14-4-3-10(9-21-14)23(25)26/h3-4,7,9H,2,5-6H2,1H3,(H2,18,22)(H,19,21)(H,20,24). The maximum Gasteiger partial charge on any atom is 0.287 e. The summed E-state index contributed by atoms with van der Waals surface area (Å²) >= 11 is 0. The summed E-state index contributed by atoms with van der Waals surface area (Å²) in [7, 11) is 0. The summed E-state index contributed by atoms with van der Waals surface area (Å²) in [4.78, 5) is 30.1. The lowest BCUT2D eigenvalue weighted by Gasteiger charge is -2.10. The minimum atomic E-state index is -0.538. The van der Waals surface area contributed by atoms with Crippen LogP contribution in [0.25, 0.3) is 0 Å². The van der Waals surface area contributed by atoms with E-state index in [1.165, 1.54) is 18.2 Å². The number of amides is 1. The van der Waals surface area contributed by atoms with Crippen LogP contribution >= 0.6 is 0 Å². The molecule has 0 saturated heterocycles. The minimum absolute atomic E-state index is 0.0124. The first-order chi connectivity index (χ1) is 13.0. The van der Waals surface area contributed by atoms with Gasteiger partial charge in [0.05, 0.1) is 17.2 Å². The molecule has 0 aromatic carbocycles. The number of hydrogen-bond acceptors (Lipinski definition) is 9. The van der Waals surface area contributed by atoms with Crippen LogP contribution in [-0.4, -0.2) is 40.5 Å². The molecule has 0 radical (unpaired) electrons. The first-order valence-corrected chi connectivity index (χ1v) is 7.92. The van der Waals surface area contributed by atoms with Gasteiger partial charge in [-0.2, -0.15) is 5.26 Å². The number of carbonyl (C=O) groups is 1. The highest BCUT2D eigenvalue weighted by Gasteiger charge is 2.16. The van der Waals surface area contributed by atoms with Crippen LogP contribution in [0.1, 0.15) is 23.0 Å². The van der Waals surface area contributed by atoms with Crippen LogP contribution in [-0.2, 0) is 0 Å². The van der Waals surface area contributed by atoms with Crippen LogP contribution in [0, 0.1) is 21.4 Å². The maximum absolute atomic E-state index is 12.2. The smallest absolute Gasteiger partial charge is 0.287 e. The third-order valence-electron chi connectivity index (χ3n) is 3.32. The number of hydrogen-bond donors (Lipinski definition) is 3. The molecule has 0 aliphatic carbocycles. The van der Waals surface area contributed by atoms with Crippen molar-refractivity contribution in [3.05, 3.63) is 45.8 Å². The van der Waals surface area contributed by atoms with E-state index in [1.54, 1.807) is 6.92 Å². The van der Waals surface area contributed by atoms with Gasteiger partial charge in [0.25, 0.3) is 11.6 Å². The van der Waals surface area contributed by atoms with E-state index >= 15 is 0 Å². The molecule has 2 aromatic heterocycles. The van der Waals surface area contributed by atoms with Crippen LogP contribution < -0.4 is 21.1 Å². The van der Waals surface area contributed by atoms with Crippen molar-refractivity contribution in [1.82, 2.24) is 15.3 Å². The number of carbonyl (C=O) groups excluding carboxylic acids is 1. The number of anilines is 2. The van der Waals surface area contributed by atoms with Gasteiger partial charge in [0.2, 0.25) is 5.88 Å². The van der Waals surface area contributed by atoms with Crippen molar-refractivity contribution >= 4 is 23.1 Å². The molecule has 0 bridgehead atoms. The van der Waals surface area contributed by atoms with E-state index in [9.17, 15) is 14.9 Å². The molecule has 0 aliphatic rings. The SMILES string of the molecule is CCOc1nc(C(=O)NCCNc2ccc([N+](=O)[O-])cn2)cc(N)c1C#N. The van der Waals surface area contributed by atoms with E-state index in [1.807, 2.05) is 6.07 Å².